The van der Waals surface area contributed by atoms with Crippen LogP contribution in [0, 0.1) is 13.8 Å². The standard InChI is InChI=1S/C20H31N7O2S/c1-14-20(15(2)25(5)23-14)30(28,29)26-10-8-17(9-11-26)27(16-6-7-16)19-12-18(24(3)4)21-13-22-19/h12-13,16-17H,6-11H2,1-5H3. The fourth-order valence-corrected chi connectivity index (χ4v) is 6.23. The van der Waals surface area contributed by atoms with Crippen LogP contribution in [0.3, 0.4) is 0 Å². The van der Waals surface area contributed by atoms with Crippen LogP contribution in [0.25, 0.3) is 0 Å². The molecule has 4 rings (SSSR count). The molecule has 0 aromatic carbocycles. The number of aryl methyl sites for hydroxylation is 2. The number of piperidine rings is 1. The summed E-state index contributed by atoms with van der Waals surface area (Å²) in [5.74, 6) is 1.82. The van der Waals surface area contributed by atoms with Crippen molar-refractivity contribution in [2.45, 2.75) is 56.5 Å². The van der Waals surface area contributed by atoms with E-state index in [0.717, 1.165) is 37.3 Å². The Balaban J connectivity index is 1.52. The van der Waals surface area contributed by atoms with Gasteiger partial charge in [0.2, 0.25) is 10.0 Å². The predicted octanol–water partition coefficient (Wildman–Crippen LogP) is 1.72. The van der Waals surface area contributed by atoms with E-state index < -0.39 is 10.0 Å². The Morgan fingerprint density at radius 3 is 2.13 bits per heavy atom. The molecule has 0 N–H and O–H groups in total. The summed E-state index contributed by atoms with van der Waals surface area (Å²) in [4.78, 5) is 13.6. The molecular formula is C20H31N7O2S. The van der Waals surface area contributed by atoms with E-state index in [-0.39, 0.29) is 6.04 Å². The number of hydrogen-bond acceptors (Lipinski definition) is 7. The van der Waals surface area contributed by atoms with Crippen molar-refractivity contribution in [2.24, 2.45) is 7.05 Å². The van der Waals surface area contributed by atoms with Gasteiger partial charge in [-0.05, 0) is 39.5 Å². The summed E-state index contributed by atoms with van der Waals surface area (Å²) in [6.45, 7) is 4.59. The van der Waals surface area contributed by atoms with Crippen LogP contribution in [0.5, 0.6) is 0 Å². The molecule has 1 saturated carbocycles. The van der Waals surface area contributed by atoms with Crippen LogP contribution in [0.15, 0.2) is 17.3 Å². The minimum absolute atomic E-state index is 0.282. The summed E-state index contributed by atoms with van der Waals surface area (Å²) < 4.78 is 29.8. The zero-order valence-corrected chi connectivity index (χ0v) is 19.2. The average Bonchev–Trinajstić information content (AvgIpc) is 3.49. The Morgan fingerprint density at radius 1 is 1.00 bits per heavy atom. The fourth-order valence-electron chi connectivity index (χ4n) is 4.37. The molecule has 1 saturated heterocycles. The van der Waals surface area contributed by atoms with Crippen molar-refractivity contribution in [1.82, 2.24) is 24.1 Å². The molecule has 2 aromatic rings. The number of anilines is 2. The highest BCUT2D eigenvalue weighted by molar-refractivity contribution is 7.89. The number of aromatic nitrogens is 4. The van der Waals surface area contributed by atoms with E-state index in [9.17, 15) is 8.42 Å². The lowest BCUT2D eigenvalue weighted by Gasteiger charge is -2.39. The van der Waals surface area contributed by atoms with Gasteiger partial charge in [0, 0.05) is 52.4 Å². The molecule has 164 valence electrons. The Labute approximate surface area is 178 Å². The van der Waals surface area contributed by atoms with E-state index in [0.29, 0.717) is 35.4 Å². The highest BCUT2D eigenvalue weighted by Gasteiger charge is 2.39. The fraction of sp³-hybridized carbons (Fsp3) is 0.650. The van der Waals surface area contributed by atoms with Crippen molar-refractivity contribution >= 4 is 21.7 Å². The Morgan fingerprint density at radius 2 is 1.60 bits per heavy atom. The maximum atomic E-state index is 13.3. The van der Waals surface area contributed by atoms with E-state index in [4.69, 9.17) is 0 Å². The van der Waals surface area contributed by atoms with E-state index >= 15 is 0 Å². The van der Waals surface area contributed by atoms with Crippen LogP contribution in [0.4, 0.5) is 11.6 Å². The minimum Gasteiger partial charge on any atom is -0.363 e. The normalized spacial score (nSPS) is 18.6. The van der Waals surface area contributed by atoms with Crippen LogP contribution < -0.4 is 9.80 Å². The molecule has 0 atom stereocenters. The molecule has 0 bridgehead atoms. The van der Waals surface area contributed by atoms with Crippen molar-refractivity contribution in [3.63, 3.8) is 0 Å². The van der Waals surface area contributed by atoms with Crippen molar-refractivity contribution in [2.75, 3.05) is 37.0 Å². The lowest BCUT2D eigenvalue weighted by atomic mass is 10.0. The Bertz CT molecular complexity index is 1020. The number of hydrogen-bond donors (Lipinski definition) is 0. The highest BCUT2D eigenvalue weighted by Crippen LogP contribution is 2.36. The first-order valence-electron chi connectivity index (χ1n) is 10.5. The average molecular weight is 434 g/mol. The van der Waals surface area contributed by atoms with E-state index in [1.54, 1.807) is 29.3 Å². The van der Waals surface area contributed by atoms with Crippen molar-refractivity contribution in [1.29, 1.82) is 0 Å². The van der Waals surface area contributed by atoms with Gasteiger partial charge in [0.05, 0.1) is 11.4 Å². The number of nitrogens with zero attached hydrogens (tertiary/aromatic N) is 7. The van der Waals surface area contributed by atoms with Crippen molar-refractivity contribution in [3.05, 3.63) is 23.8 Å². The maximum absolute atomic E-state index is 13.3. The molecular weight excluding hydrogens is 402 g/mol. The van der Waals surface area contributed by atoms with Gasteiger partial charge >= 0.3 is 0 Å². The van der Waals surface area contributed by atoms with E-state index in [2.05, 4.69) is 20.0 Å². The topological polar surface area (TPSA) is 87.5 Å². The van der Waals surface area contributed by atoms with Crippen LogP contribution in [0.2, 0.25) is 0 Å². The van der Waals surface area contributed by atoms with Crippen molar-refractivity contribution < 1.29 is 8.42 Å². The molecule has 0 unspecified atom stereocenters. The van der Waals surface area contributed by atoms with Gasteiger partial charge in [-0.15, -0.1) is 0 Å². The number of rotatable bonds is 6. The summed E-state index contributed by atoms with van der Waals surface area (Å²) in [6, 6.07) is 2.81. The van der Waals surface area contributed by atoms with Gasteiger partial charge in [-0.2, -0.15) is 9.40 Å². The van der Waals surface area contributed by atoms with Gasteiger partial charge < -0.3 is 9.80 Å². The van der Waals surface area contributed by atoms with E-state index in [1.807, 2.05) is 32.0 Å². The summed E-state index contributed by atoms with van der Waals surface area (Å²) in [5, 5.41) is 4.29. The number of sulfonamides is 1. The lowest BCUT2D eigenvalue weighted by molar-refractivity contribution is 0.308. The molecule has 30 heavy (non-hydrogen) atoms. The maximum Gasteiger partial charge on any atom is 0.246 e. The van der Waals surface area contributed by atoms with E-state index in [1.165, 1.54) is 0 Å². The van der Waals surface area contributed by atoms with Gasteiger partial charge in [0.15, 0.2) is 0 Å². The predicted molar refractivity (Wildman–Crippen MR) is 116 cm³/mol. The molecule has 0 spiro atoms. The van der Waals surface area contributed by atoms with Gasteiger partial charge in [0.1, 0.15) is 22.9 Å². The van der Waals surface area contributed by atoms with Gasteiger partial charge in [-0.3, -0.25) is 4.68 Å². The minimum atomic E-state index is -3.54. The largest absolute Gasteiger partial charge is 0.363 e. The first kappa shape index (κ1) is 21.0. The zero-order chi connectivity index (χ0) is 21.6. The lowest BCUT2D eigenvalue weighted by Crippen LogP contribution is -2.48. The van der Waals surface area contributed by atoms with Gasteiger partial charge in [-0.1, -0.05) is 0 Å². The van der Waals surface area contributed by atoms with Crippen molar-refractivity contribution in [3.8, 4) is 0 Å². The smallest absolute Gasteiger partial charge is 0.246 e. The molecule has 9 nitrogen and oxygen atoms in total. The van der Waals surface area contributed by atoms with Crippen LogP contribution >= 0.6 is 0 Å². The highest BCUT2D eigenvalue weighted by atomic mass is 32.2. The van der Waals surface area contributed by atoms with Gasteiger partial charge in [-0.25, -0.2) is 18.4 Å². The second kappa shape index (κ2) is 7.81. The molecule has 3 heterocycles. The third-order valence-electron chi connectivity index (χ3n) is 6.16. The molecule has 2 aliphatic rings. The molecule has 1 aliphatic heterocycles. The molecule has 0 radical (unpaired) electrons. The van der Waals surface area contributed by atoms with Crippen LogP contribution in [-0.2, 0) is 17.1 Å². The summed E-state index contributed by atoms with van der Waals surface area (Å²) in [7, 11) is 2.19. The van der Waals surface area contributed by atoms with Crippen LogP contribution in [0.1, 0.15) is 37.1 Å². The van der Waals surface area contributed by atoms with Gasteiger partial charge in [0.25, 0.3) is 0 Å². The quantitative estimate of drug-likeness (QED) is 0.685. The third kappa shape index (κ3) is 3.78. The molecule has 10 heteroatoms. The zero-order valence-electron chi connectivity index (χ0n) is 18.4. The third-order valence-corrected chi connectivity index (χ3v) is 8.31. The second-order valence-corrected chi connectivity index (χ2v) is 10.4. The summed E-state index contributed by atoms with van der Waals surface area (Å²) in [5.41, 5.74) is 1.25. The summed E-state index contributed by atoms with van der Waals surface area (Å²) >= 11 is 0. The monoisotopic (exact) mass is 433 g/mol. The Hall–Kier alpha value is -2.20. The first-order chi connectivity index (χ1) is 14.2. The SMILES string of the molecule is Cc1nn(C)c(C)c1S(=O)(=O)N1CCC(N(c2cc(N(C)C)ncn2)C2CC2)CC1. The first-order valence-corrected chi connectivity index (χ1v) is 11.9. The molecule has 2 aromatic heterocycles. The molecule has 1 aliphatic carbocycles. The molecule has 2 fully saturated rings. The Kier molecular flexibility index (Phi) is 5.48. The molecule has 0 amide bonds. The summed E-state index contributed by atoms with van der Waals surface area (Å²) in [6.07, 6.45) is 5.51. The second-order valence-electron chi connectivity index (χ2n) is 8.53. The van der Waals surface area contributed by atoms with Crippen LogP contribution in [-0.4, -0.2) is 71.7 Å².